The highest BCUT2D eigenvalue weighted by Crippen LogP contribution is 2.20. The summed E-state index contributed by atoms with van der Waals surface area (Å²) in [6.07, 6.45) is 6.05. The van der Waals surface area contributed by atoms with Gasteiger partial charge in [-0.05, 0) is 45.1 Å². The summed E-state index contributed by atoms with van der Waals surface area (Å²) in [5, 5.41) is 21.6. The van der Waals surface area contributed by atoms with E-state index in [-0.39, 0.29) is 6.54 Å². The normalized spacial score (nSPS) is 21.3. The molecule has 27 heavy (non-hydrogen) atoms. The Morgan fingerprint density at radius 2 is 2.22 bits per heavy atom. The first-order valence-electron chi connectivity index (χ1n) is 10.3. The van der Waals surface area contributed by atoms with Crippen LogP contribution in [-0.4, -0.2) is 65.0 Å². The molecule has 2 atom stereocenters. The van der Waals surface area contributed by atoms with Crippen molar-refractivity contribution in [1.82, 2.24) is 25.3 Å². The third-order valence-electron chi connectivity index (χ3n) is 5.00. The zero-order valence-corrected chi connectivity index (χ0v) is 17.7. The van der Waals surface area contributed by atoms with Crippen molar-refractivity contribution in [3.8, 4) is 0 Å². The standard InChI is InChI=1S/C20H38N6O/c1-6-21-19(23-15-20(4,27)18-11-24-25(5)14-18)22-10-17-8-7-9-26(13-17)12-16(2)3/h11,14,16-17,27H,6-10,12-13,15H2,1-5H3,(H2,21,22,23). The van der Waals surface area contributed by atoms with E-state index < -0.39 is 5.60 Å². The Balaban J connectivity index is 1.89. The fourth-order valence-corrected chi connectivity index (χ4v) is 3.61. The van der Waals surface area contributed by atoms with E-state index in [1.54, 1.807) is 17.8 Å². The van der Waals surface area contributed by atoms with Crippen LogP contribution in [0.3, 0.4) is 0 Å². The number of piperidine rings is 1. The second-order valence-corrected chi connectivity index (χ2v) is 8.41. The molecule has 1 aromatic rings. The van der Waals surface area contributed by atoms with Gasteiger partial charge in [0.2, 0.25) is 0 Å². The van der Waals surface area contributed by atoms with Crippen molar-refractivity contribution >= 4 is 5.96 Å². The second kappa shape index (κ2) is 10.1. The molecule has 1 saturated heterocycles. The van der Waals surface area contributed by atoms with E-state index in [1.807, 2.05) is 13.2 Å². The number of aliphatic imine (C=N–C) groups is 1. The maximum Gasteiger partial charge on any atom is 0.191 e. The van der Waals surface area contributed by atoms with Gasteiger partial charge in [-0.25, -0.2) is 4.99 Å². The Labute approximate surface area is 164 Å². The van der Waals surface area contributed by atoms with Gasteiger partial charge in [0.1, 0.15) is 5.60 Å². The number of likely N-dealkylation sites (tertiary alicyclic amines) is 1. The molecule has 7 heteroatoms. The van der Waals surface area contributed by atoms with Crippen LogP contribution < -0.4 is 10.6 Å². The zero-order valence-electron chi connectivity index (χ0n) is 17.7. The minimum atomic E-state index is -1.03. The van der Waals surface area contributed by atoms with Gasteiger partial charge < -0.3 is 20.6 Å². The number of rotatable bonds is 8. The average molecular weight is 379 g/mol. The molecule has 0 aliphatic carbocycles. The average Bonchev–Trinajstić information content (AvgIpc) is 3.04. The molecule has 0 radical (unpaired) electrons. The number of aryl methyl sites for hydroxylation is 1. The van der Waals surface area contributed by atoms with Crippen molar-refractivity contribution in [1.29, 1.82) is 0 Å². The predicted octanol–water partition coefficient (Wildman–Crippen LogP) is 1.55. The van der Waals surface area contributed by atoms with Gasteiger partial charge in [0.15, 0.2) is 5.96 Å². The van der Waals surface area contributed by atoms with Crippen LogP contribution in [0.1, 0.15) is 46.1 Å². The molecule has 154 valence electrons. The minimum Gasteiger partial charge on any atom is -0.383 e. The number of guanidine groups is 1. The van der Waals surface area contributed by atoms with E-state index in [9.17, 15) is 5.11 Å². The van der Waals surface area contributed by atoms with Crippen LogP contribution in [0.5, 0.6) is 0 Å². The van der Waals surface area contributed by atoms with Crippen molar-refractivity contribution in [3.63, 3.8) is 0 Å². The van der Waals surface area contributed by atoms with Crippen LogP contribution in [-0.2, 0) is 12.6 Å². The van der Waals surface area contributed by atoms with Gasteiger partial charge in [-0.3, -0.25) is 4.68 Å². The van der Waals surface area contributed by atoms with Crippen LogP contribution in [0.25, 0.3) is 0 Å². The molecule has 1 fully saturated rings. The maximum atomic E-state index is 10.7. The van der Waals surface area contributed by atoms with Crippen LogP contribution in [0.2, 0.25) is 0 Å². The van der Waals surface area contributed by atoms with Crippen molar-refractivity contribution in [3.05, 3.63) is 18.0 Å². The SMILES string of the molecule is CCNC(=NCC(C)(O)c1cnn(C)c1)NCC1CCCN(CC(C)C)C1. The lowest BCUT2D eigenvalue weighted by Crippen LogP contribution is -2.45. The number of nitrogens with zero attached hydrogens (tertiary/aromatic N) is 4. The van der Waals surface area contributed by atoms with E-state index in [0.29, 0.717) is 11.8 Å². The smallest absolute Gasteiger partial charge is 0.191 e. The number of aromatic nitrogens is 2. The van der Waals surface area contributed by atoms with Gasteiger partial charge >= 0.3 is 0 Å². The highest BCUT2D eigenvalue weighted by atomic mass is 16.3. The van der Waals surface area contributed by atoms with E-state index >= 15 is 0 Å². The van der Waals surface area contributed by atoms with Crippen molar-refractivity contribution in [2.75, 3.05) is 39.3 Å². The molecule has 0 spiro atoms. The van der Waals surface area contributed by atoms with E-state index in [4.69, 9.17) is 0 Å². The van der Waals surface area contributed by atoms with Gasteiger partial charge in [0.05, 0.1) is 12.7 Å². The Morgan fingerprint density at radius 1 is 1.44 bits per heavy atom. The molecule has 7 nitrogen and oxygen atoms in total. The first-order valence-corrected chi connectivity index (χ1v) is 10.3. The molecule has 2 heterocycles. The summed E-state index contributed by atoms with van der Waals surface area (Å²) in [4.78, 5) is 7.20. The number of hydrogen-bond acceptors (Lipinski definition) is 4. The summed E-state index contributed by atoms with van der Waals surface area (Å²) in [5.74, 6) is 2.12. The van der Waals surface area contributed by atoms with Crippen LogP contribution in [0.4, 0.5) is 0 Å². The minimum absolute atomic E-state index is 0.290. The third kappa shape index (κ3) is 7.14. The number of hydrogen-bond donors (Lipinski definition) is 3. The Bertz CT molecular complexity index is 595. The fraction of sp³-hybridized carbons (Fsp3) is 0.800. The Hall–Kier alpha value is -1.60. The van der Waals surface area contributed by atoms with Gasteiger partial charge in [0.25, 0.3) is 0 Å². The molecular weight excluding hydrogens is 340 g/mol. The molecule has 3 N–H and O–H groups in total. The third-order valence-corrected chi connectivity index (χ3v) is 5.00. The first-order chi connectivity index (χ1) is 12.8. The molecule has 2 unspecified atom stereocenters. The molecular formula is C20H38N6O. The van der Waals surface area contributed by atoms with Crippen molar-refractivity contribution < 1.29 is 5.11 Å². The van der Waals surface area contributed by atoms with Crippen molar-refractivity contribution in [2.45, 2.75) is 46.1 Å². The van der Waals surface area contributed by atoms with E-state index in [1.165, 1.54) is 25.9 Å². The quantitative estimate of drug-likeness (QED) is 0.473. The first kappa shape index (κ1) is 21.7. The van der Waals surface area contributed by atoms with Crippen LogP contribution >= 0.6 is 0 Å². The van der Waals surface area contributed by atoms with Gasteiger partial charge in [-0.1, -0.05) is 13.8 Å². The number of aliphatic hydroxyl groups is 1. The molecule has 2 rings (SSSR count). The zero-order chi connectivity index (χ0) is 19.9. The Kier molecular flexibility index (Phi) is 8.10. The highest BCUT2D eigenvalue weighted by Gasteiger charge is 2.25. The molecule has 0 saturated carbocycles. The summed E-state index contributed by atoms with van der Waals surface area (Å²) in [6.45, 7) is 14.0. The van der Waals surface area contributed by atoms with Gasteiger partial charge in [-0.2, -0.15) is 5.10 Å². The van der Waals surface area contributed by atoms with E-state index in [0.717, 1.165) is 31.2 Å². The summed E-state index contributed by atoms with van der Waals surface area (Å²) in [6, 6.07) is 0. The Morgan fingerprint density at radius 3 is 2.85 bits per heavy atom. The monoisotopic (exact) mass is 378 g/mol. The molecule has 1 aliphatic heterocycles. The van der Waals surface area contributed by atoms with Crippen LogP contribution in [0.15, 0.2) is 17.4 Å². The molecule has 0 aromatic carbocycles. The van der Waals surface area contributed by atoms with Crippen LogP contribution in [0, 0.1) is 11.8 Å². The molecule has 1 aliphatic rings. The lowest BCUT2D eigenvalue weighted by Gasteiger charge is -2.34. The highest BCUT2D eigenvalue weighted by molar-refractivity contribution is 5.79. The van der Waals surface area contributed by atoms with Gasteiger partial charge in [0, 0.05) is 45.0 Å². The summed E-state index contributed by atoms with van der Waals surface area (Å²) in [7, 11) is 1.85. The predicted molar refractivity (Wildman–Crippen MR) is 111 cm³/mol. The fourth-order valence-electron chi connectivity index (χ4n) is 3.61. The molecule has 0 bridgehead atoms. The summed E-state index contributed by atoms with van der Waals surface area (Å²) in [5.41, 5.74) is -0.253. The van der Waals surface area contributed by atoms with Gasteiger partial charge in [-0.15, -0.1) is 0 Å². The maximum absolute atomic E-state index is 10.7. The largest absolute Gasteiger partial charge is 0.383 e. The lowest BCUT2D eigenvalue weighted by atomic mass is 9.97. The molecule has 1 aromatic heterocycles. The second-order valence-electron chi connectivity index (χ2n) is 8.41. The topological polar surface area (TPSA) is 77.7 Å². The van der Waals surface area contributed by atoms with E-state index in [2.05, 4.69) is 46.4 Å². The lowest BCUT2D eigenvalue weighted by molar-refractivity contribution is 0.0671. The van der Waals surface area contributed by atoms with Crippen molar-refractivity contribution in [2.24, 2.45) is 23.9 Å². The summed E-state index contributed by atoms with van der Waals surface area (Å²) >= 11 is 0. The molecule has 0 amide bonds. The summed E-state index contributed by atoms with van der Waals surface area (Å²) < 4.78 is 1.70. The number of nitrogens with one attached hydrogen (secondary N) is 2.